The molecule has 0 atom stereocenters. The van der Waals surface area contributed by atoms with Gasteiger partial charge in [-0.1, -0.05) is 24.3 Å². The molecule has 0 aliphatic carbocycles. The molecule has 7 nitrogen and oxygen atoms in total. The number of hydrogen-bond donors (Lipinski definition) is 2. The van der Waals surface area contributed by atoms with Gasteiger partial charge >= 0.3 is 5.97 Å². The summed E-state index contributed by atoms with van der Waals surface area (Å²) in [4.78, 5) is 28.1. The Labute approximate surface area is 222 Å². The van der Waals surface area contributed by atoms with Gasteiger partial charge in [-0.25, -0.2) is 18.2 Å². The predicted molar refractivity (Wildman–Crippen MR) is 136 cm³/mol. The van der Waals surface area contributed by atoms with Crippen LogP contribution in [-0.2, 0) is 24.2 Å². The molecule has 202 valence electrons. The van der Waals surface area contributed by atoms with Crippen LogP contribution in [0.5, 0.6) is 5.75 Å². The molecule has 0 aliphatic heterocycles. The molecule has 0 saturated carbocycles. The van der Waals surface area contributed by atoms with Crippen molar-refractivity contribution >= 4 is 11.9 Å². The fourth-order valence-corrected chi connectivity index (χ4v) is 3.94. The van der Waals surface area contributed by atoms with Crippen molar-refractivity contribution in [2.75, 3.05) is 6.61 Å². The minimum Gasteiger partial charge on any atom is -0.493 e. The fraction of sp³-hybridized carbons (Fsp3) is 0.207. The number of carbonyl (C=O) groups is 2. The van der Waals surface area contributed by atoms with Gasteiger partial charge in [-0.2, -0.15) is 0 Å². The Morgan fingerprint density at radius 1 is 0.949 bits per heavy atom. The Morgan fingerprint density at radius 3 is 2.44 bits per heavy atom. The van der Waals surface area contributed by atoms with Crippen LogP contribution in [0.15, 0.2) is 65.1 Å². The second-order valence-electron chi connectivity index (χ2n) is 8.74. The van der Waals surface area contributed by atoms with Gasteiger partial charge in [-0.15, -0.1) is 0 Å². The number of nitrogens with one attached hydrogen (secondary N) is 1. The van der Waals surface area contributed by atoms with Crippen molar-refractivity contribution < 1.29 is 37.0 Å². The summed E-state index contributed by atoms with van der Waals surface area (Å²) in [5, 5.41) is 11.5. The van der Waals surface area contributed by atoms with E-state index in [4.69, 9.17) is 14.3 Å². The number of carbonyl (C=O) groups excluding carboxylic acids is 1. The fourth-order valence-electron chi connectivity index (χ4n) is 3.94. The van der Waals surface area contributed by atoms with Crippen LogP contribution in [0.25, 0.3) is 11.5 Å². The minimum atomic E-state index is -1.40. The molecule has 0 saturated heterocycles. The summed E-state index contributed by atoms with van der Waals surface area (Å²) in [7, 11) is 0. The molecule has 0 fully saturated rings. The van der Waals surface area contributed by atoms with Crippen LogP contribution in [0.4, 0.5) is 13.2 Å². The molecule has 2 N–H and O–H groups in total. The van der Waals surface area contributed by atoms with E-state index in [1.165, 1.54) is 0 Å². The lowest BCUT2D eigenvalue weighted by atomic mass is 10.0. The summed E-state index contributed by atoms with van der Waals surface area (Å²) < 4.78 is 52.4. The first-order valence-electron chi connectivity index (χ1n) is 12.1. The molecule has 4 aromatic rings. The van der Waals surface area contributed by atoms with E-state index in [0.717, 1.165) is 11.3 Å². The number of aryl methyl sites for hydroxylation is 2. The maximum absolute atomic E-state index is 14.0. The van der Waals surface area contributed by atoms with Crippen molar-refractivity contribution in [2.24, 2.45) is 0 Å². The zero-order valence-electron chi connectivity index (χ0n) is 21.0. The Balaban J connectivity index is 1.44. The highest BCUT2D eigenvalue weighted by atomic mass is 19.2. The maximum atomic E-state index is 14.0. The van der Waals surface area contributed by atoms with Crippen molar-refractivity contribution in [1.29, 1.82) is 0 Å². The molecule has 0 radical (unpaired) electrons. The third kappa shape index (κ3) is 7.04. The van der Waals surface area contributed by atoms with Crippen LogP contribution in [0.1, 0.15) is 39.4 Å². The smallest absolute Gasteiger partial charge is 0.303 e. The highest BCUT2D eigenvalue weighted by Gasteiger charge is 2.17. The number of carboxylic acid groups (broad SMARTS) is 1. The molecule has 0 unspecified atom stereocenters. The largest absolute Gasteiger partial charge is 0.493 e. The molecular formula is C29H25F3N2O5. The molecule has 3 aromatic carbocycles. The maximum Gasteiger partial charge on any atom is 0.303 e. The van der Waals surface area contributed by atoms with Gasteiger partial charge in [0.15, 0.2) is 11.6 Å². The molecule has 39 heavy (non-hydrogen) atoms. The Bertz CT molecular complexity index is 1490. The highest BCUT2D eigenvalue weighted by Crippen LogP contribution is 2.23. The van der Waals surface area contributed by atoms with Gasteiger partial charge in [0, 0.05) is 31.0 Å². The zero-order valence-corrected chi connectivity index (χ0v) is 21.0. The summed E-state index contributed by atoms with van der Waals surface area (Å²) in [5.74, 6) is -4.24. The summed E-state index contributed by atoms with van der Waals surface area (Å²) in [6.45, 7) is 1.97. The third-order valence-electron chi connectivity index (χ3n) is 6.00. The van der Waals surface area contributed by atoms with Gasteiger partial charge in [0.2, 0.25) is 5.89 Å². The van der Waals surface area contributed by atoms with Crippen LogP contribution in [0.3, 0.4) is 0 Å². The molecule has 10 heteroatoms. The Kier molecular flexibility index (Phi) is 8.65. The number of nitrogens with zero attached hydrogens (tertiary/aromatic N) is 1. The third-order valence-corrected chi connectivity index (χ3v) is 6.00. The number of amides is 1. The van der Waals surface area contributed by atoms with E-state index in [1.54, 1.807) is 18.2 Å². The van der Waals surface area contributed by atoms with Crippen molar-refractivity contribution in [3.8, 4) is 17.2 Å². The summed E-state index contributed by atoms with van der Waals surface area (Å²) in [5.41, 5.74) is 2.13. The normalized spacial score (nSPS) is 10.9. The number of carboxylic acids is 1. The van der Waals surface area contributed by atoms with Crippen molar-refractivity contribution in [3.05, 3.63) is 106 Å². The quantitative estimate of drug-likeness (QED) is 0.240. The summed E-state index contributed by atoms with van der Waals surface area (Å²) >= 11 is 0. The van der Waals surface area contributed by atoms with Crippen molar-refractivity contribution in [2.45, 2.75) is 32.7 Å². The summed E-state index contributed by atoms with van der Waals surface area (Å²) in [6.07, 6.45) is 0.499. The van der Waals surface area contributed by atoms with Gasteiger partial charge in [-0.05, 0) is 54.8 Å². The first-order chi connectivity index (χ1) is 18.7. The van der Waals surface area contributed by atoms with E-state index < -0.39 is 34.9 Å². The van der Waals surface area contributed by atoms with Crippen LogP contribution < -0.4 is 10.1 Å². The molecule has 0 spiro atoms. The number of rotatable bonds is 11. The highest BCUT2D eigenvalue weighted by molar-refractivity contribution is 5.94. The van der Waals surface area contributed by atoms with Crippen LogP contribution in [-0.4, -0.2) is 28.6 Å². The summed E-state index contributed by atoms with van der Waals surface area (Å²) in [6, 6.07) is 15.3. The van der Waals surface area contributed by atoms with E-state index in [-0.39, 0.29) is 26.0 Å². The first kappa shape index (κ1) is 27.4. The Hall–Kier alpha value is -4.60. The van der Waals surface area contributed by atoms with Gasteiger partial charge < -0.3 is 19.6 Å². The molecule has 1 heterocycles. The van der Waals surface area contributed by atoms with E-state index >= 15 is 0 Å². The molecule has 4 rings (SSSR count). The van der Waals surface area contributed by atoms with E-state index in [0.29, 0.717) is 47.1 Å². The van der Waals surface area contributed by atoms with Crippen molar-refractivity contribution in [3.63, 3.8) is 0 Å². The van der Waals surface area contributed by atoms with Gasteiger partial charge in [0.1, 0.15) is 17.3 Å². The first-order valence-corrected chi connectivity index (χ1v) is 12.1. The lowest BCUT2D eigenvalue weighted by Crippen LogP contribution is -2.25. The van der Waals surface area contributed by atoms with Crippen molar-refractivity contribution in [1.82, 2.24) is 10.3 Å². The second kappa shape index (κ2) is 12.3. The van der Waals surface area contributed by atoms with Crippen LogP contribution >= 0.6 is 0 Å². The van der Waals surface area contributed by atoms with E-state index in [9.17, 15) is 22.8 Å². The molecule has 1 aromatic heterocycles. The second-order valence-corrected chi connectivity index (χ2v) is 8.74. The van der Waals surface area contributed by atoms with E-state index in [2.05, 4.69) is 10.3 Å². The molecule has 0 aliphatic rings. The standard InChI is InChI=1S/C29H25F3N2O5/c1-17-26(34-29(39-17)19-5-3-2-4-6-19)11-12-38-21-9-7-18(8-10-27(35)36)20(13-21)16-33-28(37)22-14-24(31)25(32)15-23(22)30/h2-7,9,13-15H,8,10-12,16H2,1H3,(H,33,37)(H,35,36). The van der Waals surface area contributed by atoms with Crippen LogP contribution in [0.2, 0.25) is 0 Å². The number of halogens is 3. The number of ether oxygens (including phenoxy) is 1. The average Bonchev–Trinajstić information content (AvgIpc) is 3.29. The minimum absolute atomic E-state index is 0.119. The zero-order chi connectivity index (χ0) is 27.9. The lowest BCUT2D eigenvalue weighted by Gasteiger charge is -2.14. The Morgan fingerprint density at radius 2 is 1.69 bits per heavy atom. The molecule has 0 bridgehead atoms. The average molecular weight is 539 g/mol. The number of aliphatic carboxylic acids is 1. The monoisotopic (exact) mass is 538 g/mol. The SMILES string of the molecule is Cc1oc(-c2ccccc2)nc1CCOc1ccc(CCC(=O)O)c(CNC(=O)c2cc(F)c(F)cc2F)c1. The number of hydrogen-bond acceptors (Lipinski definition) is 5. The molecular weight excluding hydrogens is 513 g/mol. The number of benzene rings is 3. The van der Waals surface area contributed by atoms with Gasteiger partial charge in [-0.3, -0.25) is 9.59 Å². The van der Waals surface area contributed by atoms with Gasteiger partial charge in [0.05, 0.1) is 17.9 Å². The number of aromatic nitrogens is 1. The van der Waals surface area contributed by atoms with E-state index in [1.807, 2.05) is 37.3 Å². The lowest BCUT2D eigenvalue weighted by molar-refractivity contribution is -0.136. The topological polar surface area (TPSA) is 102 Å². The van der Waals surface area contributed by atoms with Crippen LogP contribution in [0, 0.1) is 24.4 Å². The molecule has 1 amide bonds. The van der Waals surface area contributed by atoms with Gasteiger partial charge in [0.25, 0.3) is 5.91 Å². The number of oxazole rings is 1. The predicted octanol–water partition coefficient (Wildman–Crippen LogP) is 5.64.